The van der Waals surface area contributed by atoms with Gasteiger partial charge in [0.05, 0.1) is 13.2 Å². The standard InChI is InChI=1S/C10H15N5O3S/c1-18-10(17)13-5-2-3-15(4-5)9-6(8(12)16)7(11)14-19-9/h5H,2-4H2,1H3,(H2,11,14)(H2,12,16)(H,13,17). The number of ether oxygens (including phenoxy) is 1. The van der Waals surface area contributed by atoms with Crippen molar-refractivity contribution in [2.75, 3.05) is 30.8 Å². The van der Waals surface area contributed by atoms with Crippen LogP contribution in [0.3, 0.4) is 0 Å². The number of aromatic nitrogens is 1. The van der Waals surface area contributed by atoms with Crippen LogP contribution in [-0.2, 0) is 4.74 Å². The number of carbonyl (C=O) groups is 2. The predicted octanol–water partition coefficient (Wildman–Crippen LogP) is -0.241. The summed E-state index contributed by atoms with van der Waals surface area (Å²) in [6.07, 6.45) is 0.288. The quantitative estimate of drug-likeness (QED) is 0.704. The van der Waals surface area contributed by atoms with Gasteiger partial charge in [0.25, 0.3) is 5.91 Å². The summed E-state index contributed by atoms with van der Waals surface area (Å²) in [6.45, 7) is 1.26. The molecule has 1 fully saturated rings. The van der Waals surface area contributed by atoms with Crippen molar-refractivity contribution in [1.29, 1.82) is 0 Å². The van der Waals surface area contributed by atoms with E-state index in [0.717, 1.165) is 18.0 Å². The third-order valence-electron chi connectivity index (χ3n) is 2.93. The van der Waals surface area contributed by atoms with Gasteiger partial charge >= 0.3 is 6.09 Å². The highest BCUT2D eigenvalue weighted by Gasteiger charge is 2.29. The summed E-state index contributed by atoms with van der Waals surface area (Å²) in [5, 5.41) is 3.37. The van der Waals surface area contributed by atoms with Crippen molar-refractivity contribution in [1.82, 2.24) is 9.69 Å². The van der Waals surface area contributed by atoms with Gasteiger partial charge in [-0.15, -0.1) is 0 Å². The van der Waals surface area contributed by atoms with Gasteiger partial charge in [0.15, 0.2) is 5.82 Å². The van der Waals surface area contributed by atoms with E-state index < -0.39 is 12.0 Å². The van der Waals surface area contributed by atoms with Crippen LogP contribution in [0.25, 0.3) is 0 Å². The molecule has 2 rings (SSSR count). The minimum atomic E-state index is -0.592. The number of nitrogens with one attached hydrogen (secondary N) is 1. The molecule has 104 valence electrons. The second kappa shape index (κ2) is 5.31. The van der Waals surface area contributed by atoms with Gasteiger partial charge in [-0.1, -0.05) is 0 Å². The minimum Gasteiger partial charge on any atom is -0.453 e. The normalized spacial score (nSPS) is 18.4. The van der Waals surface area contributed by atoms with Crippen molar-refractivity contribution in [2.24, 2.45) is 5.73 Å². The molecule has 1 saturated heterocycles. The second-order valence-corrected chi connectivity index (χ2v) is 4.93. The molecule has 0 spiro atoms. The summed E-state index contributed by atoms with van der Waals surface area (Å²) in [4.78, 5) is 24.4. The van der Waals surface area contributed by atoms with Crippen LogP contribution in [0, 0.1) is 0 Å². The smallest absolute Gasteiger partial charge is 0.407 e. The first-order valence-electron chi connectivity index (χ1n) is 5.67. The largest absolute Gasteiger partial charge is 0.453 e. The maximum Gasteiger partial charge on any atom is 0.407 e. The second-order valence-electron chi connectivity index (χ2n) is 4.18. The number of carbonyl (C=O) groups excluding carboxylic acids is 2. The lowest BCUT2D eigenvalue weighted by molar-refractivity contribution is 0.100. The van der Waals surface area contributed by atoms with E-state index in [1.165, 1.54) is 7.11 Å². The van der Waals surface area contributed by atoms with Gasteiger partial charge in [0.1, 0.15) is 10.6 Å². The minimum absolute atomic E-state index is 0.0310. The first kappa shape index (κ1) is 13.4. The van der Waals surface area contributed by atoms with E-state index in [1.807, 2.05) is 4.90 Å². The van der Waals surface area contributed by atoms with Crippen LogP contribution in [0.15, 0.2) is 0 Å². The Morgan fingerprint density at radius 2 is 2.32 bits per heavy atom. The average molecular weight is 285 g/mol. The van der Waals surface area contributed by atoms with Crippen molar-refractivity contribution in [2.45, 2.75) is 12.5 Å². The van der Waals surface area contributed by atoms with Crippen LogP contribution >= 0.6 is 11.5 Å². The van der Waals surface area contributed by atoms with Gasteiger partial charge in [-0.25, -0.2) is 4.79 Å². The molecule has 1 unspecified atom stereocenters. The molecule has 1 aliphatic heterocycles. The topological polar surface area (TPSA) is 124 Å². The van der Waals surface area contributed by atoms with E-state index >= 15 is 0 Å². The molecular formula is C10H15N5O3S. The fourth-order valence-electron chi connectivity index (χ4n) is 2.03. The third kappa shape index (κ3) is 2.70. The molecule has 9 heteroatoms. The molecule has 2 heterocycles. The number of alkyl carbamates (subject to hydrolysis) is 1. The number of methoxy groups -OCH3 is 1. The molecule has 0 saturated carbocycles. The Labute approximate surface area is 113 Å². The van der Waals surface area contributed by atoms with Gasteiger partial charge in [-0.2, -0.15) is 4.37 Å². The molecule has 1 aromatic heterocycles. The van der Waals surface area contributed by atoms with E-state index in [0.29, 0.717) is 18.1 Å². The SMILES string of the molecule is COC(=O)NC1CCN(c2snc(N)c2C(N)=O)C1. The molecule has 1 atom stereocenters. The average Bonchev–Trinajstić information content (AvgIpc) is 2.95. The first-order chi connectivity index (χ1) is 9.02. The number of hydrogen-bond acceptors (Lipinski definition) is 7. The van der Waals surface area contributed by atoms with Crippen molar-refractivity contribution < 1.29 is 14.3 Å². The van der Waals surface area contributed by atoms with Crippen molar-refractivity contribution >= 4 is 34.4 Å². The van der Waals surface area contributed by atoms with E-state index in [2.05, 4.69) is 14.4 Å². The summed E-state index contributed by atoms with van der Waals surface area (Å²) < 4.78 is 8.50. The Morgan fingerprint density at radius 1 is 1.58 bits per heavy atom. The summed E-state index contributed by atoms with van der Waals surface area (Å²) >= 11 is 1.13. The summed E-state index contributed by atoms with van der Waals surface area (Å²) in [7, 11) is 1.32. The monoisotopic (exact) mass is 285 g/mol. The highest BCUT2D eigenvalue weighted by Crippen LogP contribution is 2.32. The lowest BCUT2D eigenvalue weighted by atomic mass is 10.3. The molecular weight excluding hydrogens is 270 g/mol. The number of nitrogen functional groups attached to an aromatic ring is 1. The molecule has 0 aromatic carbocycles. The number of hydrogen-bond donors (Lipinski definition) is 3. The van der Waals surface area contributed by atoms with Crippen LogP contribution in [0.4, 0.5) is 15.6 Å². The van der Waals surface area contributed by atoms with Crippen LogP contribution in [0.1, 0.15) is 16.8 Å². The van der Waals surface area contributed by atoms with Crippen molar-refractivity contribution in [3.8, 4) is 0 Å². The number of rotatable bonds is 3. The summed E-state index contributed by atoms with van der Waals surface area (Å²) in [5.74, 6) is -0.442. The predicted molar refractivity (Wildman–Crippen MR) is 71.2 cm³/mol. The zero-order chi connectivity index (χ0) is 14.0. The Balaban J connectivity index is 2.09. The molecule has 1 aliphatic rings. The van der Waals surface area contributed by atoms with E-state index in [9.17, 15) is 9.59 Å². The Bertz CT molecular complexity index is 503. The van der Waals surface area contributed by atoms with Crippen molar-refractivity contribution in [3.63, 3.8) is 0 Å². The number of nitrogens with two attached hydrogens (primary N) is 2. The number of amides is 2. The van der Waals surface area contributed by atoms with Gasteiger partial charge in [-0.3, -0.25) is 4.79 Å². The number of anilines is 2. The van der Waals surface area contributed by atoms with Crippen LogP contribution in [0.5, 0.6) is 0 Å². The summed E-state index contributed by atoms with van der Waals surface area (Å²) in [5.41, 5.74) is 11.2. The van der Waals surface area contributed by atoms with Crippen LogP contribution in [-0.4, -0.2) is 42.6 Å². The van der Waals surface area contributed by atoms with Gasteiger partial charge in [0.2, 0.25) is 0 Å². The number of primary amides is 1. The van der Waals surface area contributed by atoms with Gasteiger partial charge in [0, 0.05) is 13.1 Å². The van der Waals surface area contributed by atoms with Gasteiger partial charge < -0.3 is 26.4 Å². The Morgan fingerprint density at radius 3 is 2.95 bits per heavy atom. The summed E-state index contributed by atoms with van der Waals surface area (Å²) in [6, 6.07) is -0.0310. The fourth-order valence-corrected chi connectivity index (χ4v) is 2.88. The van der Waals surface area contributed by atoms with E-state index in [1.54, 1.807) is 0 Å². The zero-order valence-corrected chi connectivity index (χ0v) is 11.2. The molecule has 5 N–H and O–H groups in total. The number of nitrogens with zero attached hydrogens (tertiary/aromatic N) is 2. The molecule has 1 aromatic rings. The van der Waals surface area contributed by atoms with Gasteiger partial charge in [-0.05, 0) is 18.0 Å². The molecule has 0 radical (unpaired) electrons. The van der Waals surface area contributed by atoms with Crippen LogP contribution in [0.2, 0.25) is 0 Å². The van der Waals surface area contributed by atoms with E-state index in [-0.39, 0.29) is 17.4 Å². The fraction of sp³-hybridized carbons (Fsp3) is 0.500. The van der Waals surface area contributed by atoms with Crippen LogP contribution < -0.4 is 21.7 Å². The highest BCUT2D eigenvalue weighted by molar-refractivity contribution is 7.11. The zero-order valence-electron chi connectivity index (χ0n) is 10.4. The first-order valence-corrected chi connectivity index (χ1v) is 6.44. The molecule has 19 heavy (non-hydrogen) atoms. The van der Waals surface area contributed by atoms with E-state index in [4.69, 9.17) is 11.5 Å². The third-order valence-corrected chi connectivity index (χ3v) is 3.85. The molecule has 8 nitrogen and oxygen atoms in total. The lowest BCUT2D eigenvalue weighted by Gasteiger charge is -2.17. The van der Waals surface area contributed by atoms with Crippen molar-refractivity contribution in [3.05, 3.63) is 5.56 Å². The maximum absolute atomic E-state index is 11.4. The molecule has 0 bridgehead atoms. The molecule has 2 amide bonds. The Kier molecular flexibility index (Phi) is 3.74. The maximum atomic E-state index is 11.4. The Hall–Kier alpha value is -2.03. The lowest BCUT2D eigenvalue weighted by Crippen LogP contribution is -2.37. The highest BCUT2D eigenvalue weighted by atomic mass is 32.1. The molecule has 0 aliphatic carbocycles.